The first-order valence-corrected chi connectivity index (χ1v) is 7.26. The molecule has 3 heteroatoms. The van der Waals surface area contributed by atoms with Crippen LogP contribution in [0.1, 0.15) is 44.2 Å². The first-order valence-electron chi connectivity index (χ1n) is 7.26. The highest BCUT2D eigenvalue weighted by Crippen LogP contribution is 2.34. The van der Waals surface area contributed by atoms with Gasteiger partial charge >= 0.3 is 0 Å². The van der Waals surface area contributed by atoms with Crippen LogP contribution in [-0.2, 0) is 0 Å². The van der Waals surface area contributed by atoms with Crippen LogP contribution in [0.4, 0.5) is 0 Å². The molecular weight excluding hydrogens is 238 g/mol. The molecule has 0 aromatic heterocycles. The number of ether oxygens (including phenoxy) is 2. The molecule has 0 radical (unpaired) electrons. The largest absolute Gasteiger partial charge is 0.493 e. The molecule has 1 aliphatic heterocycles. The van der Waals surface area contributed by atoms with Gasteiger partial charge in [0.15, 0.2) is 11.5 Å². The van der Waals surface area contributed by atoms with E-state index in [0.29, 0.717) is 6.04 Å². The molecule has 2 rings (SSSR count). The third-order valence-electron chi connectivity index (χ3n) is 4.01. The van der Waals surface area contributed by atoms with E-state index in [1.807, 2.05) is 6.07 Å². The Balaban J connectivity index is 2.22. The molecule has 1 atom stereocenters. The van der Waals surface area contributed by atoms with Crippen molar-refractivity contribution in [2.24, 2.45) is 0 Å². The first-order chi connectivity index (χ1) is 9.30. The van der Waals surface area contributed by atoms with E-state index in [0.717, 1.165) is 17.9 Å². The maximum atomic E-state index is 5.42. The van der Waals surface area contributed by atoms with Gasteiger partial charge in [-0.1, -0.05) is 19.4 Å². The summed E-state index contributed by atoms with van der Waals surface area (Å²) < 4.78 is 10.7. The molecule has 0 bridgehead atoms. The van der Waals surface area contributed by atoms with E-state index in [2.05, 4.69) is 24.0 Å². The van der Waals surface area contributed by atoms with Crippen molar-refractivity contribution in [3.63, 3.8) is 0 Å². The summed E-state index contributed by atoms with van der Waals surface area (Å²) in [5.74, 6) is 1.63. The Labute approximate surface area is 116 Å². The first kappa shape index (κ1) is 14.2. The number of rotatable bonds is 5. The highest BCUT2D eigenvalue weighted by Gasteiger charge is 2.21. The molecule has 1 aromatic carbocycles. The van der Waals surface area contributed by atoms with Crippen LogP contribution in [0, 0.1) is 0 Å². The molecule has 3 nitrogen and oxygen atoms in total. The minimum atomic E-state index is 0.500. The van der Waals surface area contributed by atoms with Gasteiger partial charge in [-0.25, -0.2) is 0 Å². The molecule has 1 aliphatic rings. The fraction of sp³-hybridized carbons (Fsp3) is 0.625. The van der Waals surface area contributed by atoms with Crippen molar-refractivity contribution in [3.05, 3.63) is 23.8 Å². The van der Waals surface area contributed by atoms with Crippen LogP contribution < -0.4 is 9.47 Å². The molecule has 0 saturated carbocycles. The fourth-order valence-electron chi connectivity index (χ4n) is 2.99. The Morgan fingerprint density at radius 2 is 1.74 bits per heavy atom. The molecule has 1 heterocycles. The summed E-state index contributed by atoms with van der Waals surface area (Å²) in [5.41, 5.74) is 1.34. The fourth-order valence-corrected chi connectivity index (χ4v) is 2.99. The van der Waals surface area contributed by atoms with E-state index in [1.165, 1.54) is 37.9 Å². The Bertz CT molecular complexity index is 400. The average molecular weight is 263 g/mol. The summed E-state index contributed by atoms with van der Waals surface area (Å²) in [7, 11) is 3.38. The topological polar surface area (TPSA) is 21.7 Å². The van der Waals surface area contributed by atoms with Crippen molar-refractivity contribution < 1.29 is 9.47 Å². The molecular formula is C16H25NO2. The molecule has 0 aliphatic carbocycles. The van der Waals surface area contributed by atoms with Crippen molar-refractivity contribution in [3.8, 4) is 11.5 Å². The smallest absolute Gasteiger partial charge is 0.161 e. The van der Waals surface area contributed by atoms with Gasteiger partial charge in [-0.3, -0.25) is 4.90 Å². The summed E-state index contributed by atoms with van der Waals surface area (Å²) in [6, 6.07) is 6.81. The number of methoxy groups -OCH3 is 2. The van der Waals surface area contributed by atoms with Gasteiger partial charge in [0.2, 0.25) is 0 Å². The highest BCUT2D eigenvalue weighted by atomic mass is 16.5. The van der Waals surface area contributed by atoms with Crippen LogP contribution in [0.5, 0.6) is 11.5 Å². The zero-order valence-corrected chi connectivity index (χ0v) is 12.3. The van der Waals surface area contributed by atoms with E-state index in [4.69, 9.17) is 9.47 Å². The molecule has 0 N–H and O–H groups in total. The van der Waals surface area contributed by atoms with Crippen LogP contribution in [0.3, 0.4) is 0 Å². The quantitative estimate of drug-likeness (QED) is 0.809. The molecule has 0 unspecified atom stereocenters. The summed E-state index contributed by atoms with van der Waals surface area (Å²) in [6.45, 7) is 4.69. The maximum Gasteiger partial charge on any atom is 0.161 e. The van der Waals surface area contributed by atoms with E-state index in [1.54, 1.807) is 14.2 Å². The van der Waals surface area contributed by atoms with Crippen molar-refractivity contribution in [1.82, 2.24) is 4.90 Å². The minimum absolute atomic E-state index is 0.500. The predicted molar refractivity (Wildman–Crippen MR) is 78.0 cm³/mol. The lowest BCUT2D eigenvalue weighted by Crippen LogP contribution is -2.33. The second-order valence-electron chi connectivity index (χ2n) is 5.14. The normalized spacial score (nSPS) is 18.1. The Kier molecular flexibility index (Phi) is 5.08. The number of piperidine rings is 1. The summed E-state index contributed by atoms with van der Waals surface area (Å²) in [5, 5.41) is 0. The number of hydrogen-bond donors (Lipinski definition) is 0. The average Bonchev–Trinajstić information content (AvgIpc) is 2.49. The standard InChI is InChI=1S/C16H25NO2/c1-4-14(17-10-6-5-7-11-17)13-8-9-15(18-2)16(12-13)19-3/h8-9,12,14H,4-7,10-11H2,1-3H3/t14-/m0/s1. The van der Waals surface area contributed by atoms with Crippen LogP contribution in [-0.4, -0.2) is 32.2 Å². The van der Waals surface area contributed by atoms with Gasteiger partial charge in [-0.05, 0) is 50.0 Å². The summed E-state index contributed by atoms with van der Waals surface area (Å²) >= 11 is 0. The van der Waals surface area contributed by atoms with Gasteiger partial charge in [-0.15, -0.1) is 0 Å². The van der Waals surface area contributed by atoms with Crippen LogP contribution in [0.25, 0.3) is 0 Å². The minimum Gasteiger partial charge on any atom is -0.493 e. The second kappa shape index (κ2) is 6.80. The zero-order valence-electron chi connectivity index (χ0n) is 12.3. The van der Waals surface area contributed by atoms with E-state index in [9.17, 15) is 0 Å². The SMILES string of the molecule is CC[C@@H](c1ccc(OC)c(OC)c1)N1CCCCC1. The highest BCUT2D eigenvalue weighted by molar-refractivity contribution is 5.43. The molecule has 0 amide bonds. The maximum absolute atomic E-state index is 5.42. The van der Waals surface area contributed by atoms with Gasteiger partial charge in [0.05, 0.1) is 14.2 Å². The second-order valence-corrected chi connectivity index (χ2v) is 5.14. The Morgan fingerprint density at radius 3 is 2.32 bits per heavy atom. The monoisotopic (exact) mass is 263 g/mol. The molecule has 1 aromatic rings. The van der Waals surface area contributed by atoms with Crippen LogP contribution in [0.15, 0.2) is 18.2 Å². The molecule has 0 spiro atoms. The van der Waals surface area contributed by atoms with Crippen molar-refractivity contribution in [2.75, 3.05) is 27.3 Å². The zero-order chi connectivity index (χ0) is 13.7. The third-order valence-corrected chi connectivity index (χ3v) is 4.01. The lowest BCUT2D eigenvalue weighted by molar-refractivity contribution is 0.159. The number of nitrogens with zero attached hydrogens (tertiary/aromatic N) is 1. The Morgan fingerprint density at radius 1 is 1.05 bits per heavy atom. The van der Waals surface area contributed by atoms with Crippen molar-refractivity contribution in [1.29, 1.82) is 0 Å². The van der Waals surface area contributed by atoms with Crippen molar-refractivity contribution >= 4 is 0 Å². The molecule has 1 fully saturated rings. The van der Waals surface area contributed by atoms with Gasteiger partial charge < -0.3 is 9.47 Å². The van der Waals surface area contributed by atoms with E-state index >= 15 is 0 Å². The predicted octanol–water partition coefficient (Wildman–Crippen LogP) is 3.64. The molecule has 19 heavy (non-hydrogen) atoms. The third kappa shape index (κ3) is 3.21. The van der Waals surface area contributed by atoms with Crippen LogP contribution >= 0.6 is 0 Å². The summed E-state index contributed by atoms with van der Waals surface area (Å²) in [4.78, 5) is 2.60. The van der Waals surface area contributed by atoms with Crippen molar-refractivity contribution in [2.45, 2.75) is 38.6 Å². The number of likely N-dealkylation sites (tertiary alicyclic amines) is 1. The van der Waals surface area contributed by atoms with Gasteiger partial charge in [0.25, 0.3) is 0 Å². The lowest BCUT2D eigenvalue weighted by atomic mass is 9.99. The Hall–Kier alpha value is -1.22. The molecule has 106 valence electrons. The number of hydrogen-bond acceptors (Lipinski definition) is 3. The van der Waals surface area contributed by atoms with E-state index in [-0.39, 0.29) is 0 Å². The van der Waals surface area contributed by atoms with E-state index < -0.39 is 0 Å². The van der Waals surface area contributed by atoms with Gasteiger partial charge in [0.1, 0.15) is 0 Å². The van der Waals surface area contributed by atoms with Crippen LogP contribution in [0.2, 0.25) is 0 Å². The van der Waals surface area contributed by atoms with Gasteiger partial charge in [-0.2, -0.15) is 0 Å². The molecule has 1 saturated heterocycles. The van der Waals surface area contributed by atoms with Gasteiger partial charge in [0, 0.05) is 6.04 Å². The number of benzene rings is 1. The lowest BCUT2D eigenvalue weighted by Gasteiger charge is -2.34. The summed E-state index contributed by atoms with van der Waals surface area (Å²) in [6.07, 6.45) is 5.15.